The fraction of sp³-hybridized carbons (Fsp3) is 0. The Morgan fingerprint density at radius 3 is 1.67 bits per heavy atom. The van der Waals surface area contributed by atoms with E-state index in [0.29, 0.717) is 5.56 Å². The van der Waals surface area contributed by atoms with E-state index in [1.54, 1.807) is 0 Å². The predicted molar refractivity (Wildman–Crippen MR) is 129 cm³/mol. The first-order valence-electron chi connectivity index (χ1n) is 5.83. The minimum atomic E-state index is -4.53. The smallest absolute Gasteiger partial charge is 0.345 e. The SMILES string of the molecule is O=C(Oc1ccc(S(=O)(=O)[O-])cc1)c1c(I)c(I)c(I)c(I)c1I. The van der Waals surface area contributed by atoms with Crippen LogP contribution in [0.2, 0.25) is 0 Å². The van der Waals surface area contributed by atoms with Crippen LogP contribution in [-0.4, -0.2) is 18.9 Å². The molecule has 0 saturated heterocycles. The van der Waals surface area contributed by atoms with E-state index >= 15 is 0 Å². The topological polar surface area (TPSA) is 83.5 Å². The highest BCUT2D eigenvalue weighted by Gasteiger charge is 2.24. The van der Waals surface area contributed by atoms with Crippen molar-refractivity contribution in [2.45, 2.75) is 4.90 Å². The molecular weight excluding hydrogens is 903 g/mol. The van der Waals surface area contributed by atoms with Gasteiger partial charge in [-0.15, -0.1) is 0 Å². The van der Waals surface area contributed by atoms with E-state index in [4.69, 9.17) is 4.74 Å². The monoisotopic (exact) mass is 907 g/mol. The zero-order valence-corrected chi connectivity index (χ0v) is 22.8. The molecule has 0 aliphatic heterocycles. The van der Waals surface area contributed by atoms with Gasteiger partial charge in [0.2, 0.25) is 0 Å². The van der Waals surface area contributed by atoms with Crippen LogP contribution in [0.1, 0.15) is 10.4 Å². The van der Waals surface area contributed by atoms with Crippen molar-refractivity contribution >= 4 is 129 Å². The number of benzene rings is 2. The molecule has 0 aliphatic rings. The molecule has 24 heavy (non-hydrogen) atoms. The molecule has 128 valence electrons. The average Bonchev–Trinajstić information content (AvgIpc) is 2.51. The minimum absolute atomic E-state index is 0.169. The number of hydrogen-bond acceptors (Lipinski definition) is 5. The van der Waals surface area contributed by atoms with Crippen LogP contribution >= 0.6 is 113 Å². The second-order valence-electron chi connectivity index (χ2n) is 4.26. The lowest BCUT2D eigenvalue weighted by molar-refractivity contribution is 0.0732. The molecule has 2 rings (SSSR count). The van der Waals surface area contributed by atoms with Gasteiger partial charge in [0.05, 0.1) is 10.5 Å². The van der Waals surface area contributed by atoms with Gasteiger partial charge < -0.3 is 9.29 Å². The Bertz CT molecular complexity index is 896. The number of carbonyl (C=O) groups is 1. The predicted octanol–water partition coefficient (Wildman–Crippen LogP) is 4.83. The Morgan fingerprint density at radius 2 is 1.25 bits per heavy atom. The molecule has 0 saturated carbocycles. The van der Waals surface area contributed by atoms with Crippen LogP contribution in [0.5, 0.6) is 5.75 Å². The van der Waals surface area contributed by atoms with Crippen LogP contribution in [-0.2, 0) is 10.1 Å². The van der Waals surface area contributed by atoms with Crippen LogP contribution in [0.4, 0.5) is 0 Å². The fourth-order valence-electron chi connectivity index (χ4n) is 1.62. The summed E-state index contributed by atoms with van der Waals surface area (Å²) in [6.07, 6.45) is 0. The van der Waals surface area contributed by atoms with Crippen molar-refractivity contribution in [2.75, 3.05) is 0 Å². The summed E-state index contributed by atoms with van der Waals surface area (Å²) >= 11 is 10.8. The van der Waals surface area contributed by atoms with Crippen molar-refractivity contribution in [3.8, 4) is 5.75 Å². The lowest BCUT2D eigenvalue weighted by Crippen LogP contribution is -2.15. The number of halogens is 5. The van der Waals surface area contributed by atoms with E-state index in [9.17, 15) is 17.8 Å². The molecule has 0 amide bonds. The summed E-state index contributed by atoms with van der Waals surface area (Å²) in [5.74, 6) is -0.365. The molecule has 0 N–H and O–H groups in total. The Labute approximate surface area is 206 Å². The maximum absolute atomic E-state index is 12.5. The van der Waals surface area contributed by atoms with Crippen LogP contribution in [0.15, 0.2) is 29.2 Å². The van der Waals surface area contributed by atoms with Gasteiger partial charge in [0.15, 0.2) is 0 Å². The second-order valence-corrected chi connectivity index (χ2v) is 11.0. The number of ether oxygens (including phenoxy) is 1. The standard InChI is InChI=1S/C13H5I5O5S/c14-8-7(9(15)11(17)12(18)10(8)16)13(19)23-5-1-3-6(4-2-5)24(20,21)22/h1-4H,(H,20,21,22)/p-1. The van der Waals surface area contributed by atoms with E-state index < -0.39 is 16.1 Å². The van der Waals surface area contributed by atoms with E-state index in [1.165, 1.54) is 12.1 Å². The first kappa shape index (κ1) is 21.8. The summed E-state index contributed by atoms with van der Waals surface area (Å²) in [6, 6.07) is 4.79. The quantitative estimate of drug-likeness (QED) is 0.110. The number of esters is 1. The lowest BCUT2D eigenvalue weighted by Gasteiger charge is -2.13. The normalized spacial score (nSPS) is 11.4. The zero-order valence-electron chi connectivity index (χ0n) is 11.1. The van der Waals surface area contributed by atoms with Crippen LogP contribution < -0.4 is 4.74 Å². The summed E-state index contributed by atoms with van der Waals surface area (Å²) in [4.78, 5) is 12.2. The molecule has 2 aromatic carbocycles. The van der Waals surface area contributed by atoms with E-state index in [0.717, 1.165) is 30.0 Å². The third kappa shape index (κ3) is 4.84. The summed E-state index contributed by atoms with van der Waals surface area (Å²) < 4.78 is 42.7. The number of hydrogen-bond donors (Lipinski definition) is 0. The number of rotatable bonds is 3. The molecule has 0 heterocycles. The second kappa shape index (κ2) is 8.65. The van der Waals surface area contributed by atoms with Gasteiger partial charge in [-0.05, 0) is 137 Å². The first-order chi connectivity index (χ1) is 11.0. The third-order valence-corrected chi connectivity index (χ3v) is 13.1. The van der Waals surface area contributed by atoms with Gasteiger partial charge in [0, 0.05) is 17.9 Å². The maximum atomic E-state index is 12.5. The molecule has 2 aromatic rings. The molecule has 5 nitrogen and oxygen atoms in total. The highest BCUT2D eigenvalue weighted by Crippen LogP contribution is 2.34. The summed E-state index contributed by atoms with van der Waals surface area (Å²) in [5, 5.41) is 0. The molecule has 0 radical (unpaired) electrons. The number of carbonyl (C=O) groups excluding carboxylic acids is 1. The van der Waals surface area contributed by atoms with Crippen LogP contribution in [0, 0.1) is 17.9 Å². The fourth-order valence-corrected chi connectivity index (χ4v) is 7.29. The Kier molecular flexibility index (Phi) is 7.85. The molecule has 0 aromatic heterocycles. The molecule has 0 fully saturated rings. The van der Waals surface area contributed by atoms with Crippen molar-refractivity contribution in [3.63, 3.8) is 0 Å². The van der Waals surface area contributed by atoms with Crippen molar-refractivity contribution < 1.29 is 22.5 Å². The van der Waals surface area contributed by atoms with Crippen LogP contribution in [0.3, 0.4) is 0 Å². The highest BCUT2D eigenvalue weighted by molar-refractivity contribution is 14.1. The van der Waals surface area contributed by atoms with Gasteiger partial charge >= 0.3 is 5.97 Å². The van der Waals surface area contributed by atoms with Crippen molar-refractivity contribution in [2.24, 2.45) is 0 Å². The highest BCUT2D eigenvalue weighted by atomic mass is 127. The maximum Gasteiger partial charge on any atom is 0.345 e. The summed E-state index contributed by atoms with van der Waals surface area (Å²) in [7, 11) is -4.53. The third-order valence-electron chi connectivity index (χ3n) is 2.74. The van der Waals surface area contributed by atoms with Crippen molar-refractivity contribution in [1.82, 2.24) is 0 Å². The first-order valence-corrected chi connectivity index (χ1v) is 12.6. The minimum Gasteiger partial charge on any atom is -0.744 e. The van der Waals surface area contributed by atoms with Gasteiger partial charge in [-0.2, -0.15) is 0 Å². The molecule has 0 spiro atoms. The molecular formula is C13H4I5O5S-. The largest absolute Gasteiger partial charge is 0.744 e. The van der Waals surface area contributed by atoms with Crippen molar-refractivity contribution in [3.05, 3.63) is 47.7 Å². The Hall–Kier alpha value is 1.47. The van der Waals surface area contributed by atoms with Crippen LogP contribution in [0.25, 0.3) is 0 Å². The van der Waals surface area contributed by atoms with Gasteiger partial charge in [-0.3, -0.25) is 0 Å². The summed E-state index contributed by atoms with van der Waals surface area (Å²) in [5.41, 5.74) is 0.464. The van der Waals surface area contributed by atoms with Crippen molar-refractivity contribution in [1.29, 1.82) is 0 Å². The molecule has 0 bridgehead atoms. The molecule has 0 unspecified atom stereocenters. The van der Waals surface area contributed by atoms with Gasteiger partial charge in [-0.25, -0.2) is 13.2 Å². The van der Waals surface area contributed by atoms with Gasteiger partial charge in [0.25, 0.3) is 0 Å². The van der Waals surface area contributed by atoms with E-state index in [2.05, 4.69) is 113 Å². The molecule has 0 atom stereocenters. The zero-order chi connectivity index (χ0) is 18.2. The van der Waals surface area contributed by atoms with Gasteiger partial charge in [0.1, 0.15) is 15.9 Å². The lowest BCUT2D eigenvalue weighted by atomic mass is 10.2. The molecule has 11 heteroatoms. The Morgan fingerprint density at radius 1 is 0.833 bits per heavy atom. The summed E-state index contributed by atoms with van der Waals surface area (Å²) in [6.45, 7) is 0. The molecule has 0 aliphatic carbocycles. The Balaban J connectivity index is 2.38. The van der Waals surface area contributed by atoms with E-state index in [1.807, 2.05) is 0 Å². The van der Waals surface area contributed by atoms with E-state index in [-0.39, 0.29) is 10.6 Å². The van der Waals surface area contributed by atoms with Gasteiger partial charge in [-0.1, -0.05) is 0 Å². The average molecular weight is 907 g/mol.